The van der Waals surface area contributed by atoms with E-state index in [0.29, 0.717) is 11.5 Å². The van der Waals surface area contributed by atoms with Crippen LogP contribution in [0.15, 0.2) is 59.3 Å². The largest absolute Gasteiger partial charge is 0.420 e. The zero-order valence-corrected chi connectivity index (χ0v) is 12.8. The molecule has 0 unspecified atom stereocenters. The number of hydrogen-bond acceptors (Lipinski definition) is 5. The van der Waals surface area contributed by atoms with Crippen LogP contribution in [0.5, 0.6) is 5.88 Å². The lowest BCUT2D eigenvalue weighted by molar-refractivity contribution is 0.379. The lowest BCUT2D eigenvalue weighted by atomic mass is 9.87. The van der Waals surface area contributed by atoms with Gasteiger partial charge in [0.05, 0.1) is 17.2 Å². The zero-order valence-electron chi connectivity index (χ0n) is 12.0. The van der Waals surface area contributed by atoms with Gasteiger partial charge in [-0.1, -0.05) is 36.4 Å². The van der Waals surface area contributed by atoms with Gasteiger partial charge in [0, 0.05) is 4.88 Å². The molecule has 0 spiro atoms. The second kappa shape index (κ2) is 5.30. The molecule has 3 aromatic rings. The molecule has 0 saturated heterocycles. The Kier molecular flexibility index (Phi) is 3.14. The molecule has 3 N–H and O–H groups in total. The minimum Gasteiger partial charge on any atom is -0.420 e. The molecule has 1 aliphatic rings. The Morgan fingerprint density at radius 3 is 2.74 bits per heavy atom. The molecule has 3 heterocycles. The van der Waals surface area contributed by atoms with E-state index < -0.39 is 0 Å². The van der Waals surface area contributed by atoms with E-state index in [0.717, 1.165) is 21.7 Å². The Bertz CT molecular complexity index is 919. The summed E-state index contributed by atoms with van der Waals surface area (Å²) in [7, 11) is 0. The second-order valence-corrected chi connectivity index (χ2v) is 6.10. The van der Waals surface area contributed by atoms with Crippen LogP contribution in [0.3, 0.4) is 0 Å². The molecule has 0 bridgehead atoms. The molecule has 0 amide bonds. The monoisotopic (exact) mass is 320 g/mol. The summed E-state index contributed by atoms with van der Waals surface area (Å²) in [6, 6.07) is 16.0. The van der Waals surface area contributed by atoms with Gasteiger partial charge in [-0.15, -0.1) is 16.4 Å². The van der Waals surface area contributed by atoms with Crippen LogP contribution in [-0.2, 0) is 0 Å². The number of nitrogens with two attached hydrogens (primary N) is 1. The Morgan fingerprint density at radius 1 is 1.22 bits per heavy atom. The van der Waals surface area contributed by atoms with Gasteiger partial charge in [0.2, 0.25) is 11.8 Å². The number of nitriles is 1. The first-order chi connectivity index (χ1) is 11.3. The van der Waals surface area contributed by atoms with Gasteiger partial charge >= 0.3 is 0 Å². The standard InChI is InChI=1S/C17H12N4OS/c18-9-11-13(12-7-4-8-23-12)14-15(10-5-2-1-3-6-10)20-21-17(14)22-16(11)19/h1-8,13H,19H2,(H,20,21)/t13-/m0/s1. The normalized spacial score (nSPS) is 16.6. The van der Waals surface area contributed by atoms with E-state index in [2.05, 4.69) is 16.3 Å². The number of allylic oxidation sites excluding steroid dienone is 1. The molecule has 4 rings (SSSR count). The molecule has 1 atom stereocenters. The number of nitrogens with one attached hydrogen (secondary N) is 1. The van der Waals surface area contributed by atoms with Crippen LogP contribution < -0.4 is 10.5 Å². The molecule has 1 aliphatic heterocycles. The first kappa shape index (κ1) is 13.6. The van der Waals surface area contributed by atoms with Crippen molar-refractivity contribution in [2.45, 2.75) is 5.92 Å². The number of H-pyrrole nitrogens is 1. The van der Waals surface area contributed by atoms with Gasteiger partial charge in [0.15, 0.2) is 0 Å². The minimum atomic E-state index is -0.266. The van der Waals surface area contributed by atoms with E-state index in [1.165, 1.54) is 0 Å². The number of aromatic amines is 1. The third-order valence-corrected chi connectivity index (χ3v) is 4.77. The van der Waals surface area contributed by atoms with Gasteiger partial charge < -0.3 is 10.5 Å². The van der Waals surface area contributed by atoms with Gasteiger partial charge in [-0.25, -0.2) is 0 Å². The lowest BCUT2D eigenvalue weighted by Gasteiger charge is -2.22. The summed E-state index contributed by atoms with van der Waals surface area (Å²) in [5.74, 6) is 0.279. The summed E-state index contributed by atoms with van der Waals surface area (Å²) >= 11 is 1.58. The van der Waals surface area contributed by atoms with Crippen molar-refractivity contribution < 1.29 is 4.74 Å². The zero-order chi connectivity index (χ0) is 15.8. The molecule has 1 aromatic carbocycles. The van der Waals surface area contributed by atoms with E-state index in [4.69, 9.17) is 10.5 Å². The molecular formula is C17H12N4OS. The number of ether oxygens (including phenoxy) is 1. The van der Waals surface area contributed by atoms with Crippen molar-refractivity contribution in [1.29, 1.82) is 5.26 Å². The molecular weight excluding hydrogens is 308 g/mol. The Labute approximate surface area is 136 Å². The first-order valence-corrected chi connectivity index (χ1v) is 7.92. The van der Waals surface area contributed by atoms with Gasteiger partial charge in [-0.3, -0.25) is 5.10 Å². The fraction of sp³-hybridized carbons (Fsp3) is 0.0588. The summed E-state index contributed by atoms with van der Waals surface area (Å²) in [4.78, 5) is 1.03. The average Bonchev–Trinajstić information content (AvgIpc) is 3.24. The summed E-state index contributed by atoms with van der Waals surface area (Å²) < 4.78 is 5.56. The van der Waals surface area contributed by atoms with Crippen LogP contribution in [0, 0.1) is 11.3 Å². The molecule has 0 saturated carbocycles. The van der Waals surface area contributed by atoms with Gasteiger partial charge in [-0.2, -0.15) is 5.26 Å². The number of nitrogens with zero attached hydrogens (tertiary/aromatic N) is 2. The van der Waals surface area contributed by atoms with E-state index in [1.54, 1.807) is 11.3 Å². The van der Waals surface area contributed by atoms with Gasteiger partial charge in [-0.05, 0) is 17.0 Å². The van der Waals surface area contributed by atoms with Crippen LogP contribution in [0.1, 0.15) is 16.4 Å². The summed E-state index contributed by atoms with van der Waals surface area (Å²) in [6.45, 7) is 0. The number of hydrogen-bond donors (Lipinski definition) is 2. The molecule has 6 heteroatoms. The minimum absolute atomic E-state index is 0.115. The quantitative estimate of drug-likeness (QED) is 0.758. The lowest BCUT2D eigenvalue weighted by Crippen LogP contribution is -2.20. The first-order valence-electron chi connectivity index (χ1n) is 7.04. The third kappa shape index (κ3) is 2.10. The molecule has 5 nitrogen and oxygen atoms in total. The van der Waals surface area contributed by atoms with Gasteiger partial charge in [0.1, 0.15) is 11.6 Å². The van der Waals surface area contributed by atoms with Crippen LogP contribution in [0.2, 0.25) is 0 Å². The number of rotatable bonds is 2. The number of fused-ring (bicyclic) bond motifs is 1. The van der Waals surface area contributed by atoms with Crippen LogP contribution in [-0.4, -0.2) is 10.2 Å². The van der Waals surface area contributed by atoms with Crippen LogP contribution >= 0.6 is 11.3 Å². The SMILES string of the molecule is N#CC1=C(N)Oc2n[nH]c(-c3ccccc3)c2[C@@H]1c1cccs1. The van der Waals surface area contributed by atoms with E-state index in [1.807, 2.05) is 47.8 Å². The van der Waals surface area contributed by atoms with Crippen molar-refractivity contribution in [3.63, 3.8) is 0 Å². The predicted molar refractivity (Wildman–Crippen MR) is 87.6 cm³/mol. The maximum absolute atomic E-state index is 9.56. The number of benzene rings is 1. The van der Waals surface area contributed by atoms with Crippen molar-refractivity contribution in [3.8, 4) is 23.2 Å². The molecule has 0 radical (unpaired) electrons. The topological polar surface area (TPSA) is 87.7 Å². The molecule has 112 valence electrons. The van der Waals surface area contributed by atoms with Crippen LogP contribution in [0.25, 0.3) is 11.3 Å². The molecule has 2 aromatic heterocycles. The van der Waals surface area contributed by atoms with Crippen LogP contribution in [0.4, 0.5) is 0 Å². The van der Waals surface area contributed by atoms with Crippen molar-refractivity contribution >= 4 is 11.3 Å². The highest BCUT2D eigenvalue weighted by Gasteiger charge is 2.35. The molecule has 0 fully saturated rings. The fourth-order valence-electron chi connectivity index (χ4n) is 2.81. The second-order valence-electron chi connectivity index (χ2n) is 5.12. The Morgan fingerprint density at radius 2 is 2.04 bits per heavy atom. The van der Waals surface area contributed by atoms with E-state index in [-0.39, 0.29) is 11.8 Å². The van der Waals surface area contributed by atoms with Crippen molar-refractivity contribution in [1.82, 2.24) is 10.2 Å². The maximum Gasteiger partial charge on any atom is 0.244 e. The highest BCUT2D eigenvalue weighted by atomic mass is 32.1. The number of aromatic nitrogens is 2. The van der Waals surface area contributed by atoms with Crippen molar-refractivity contribution in [2.75, 3.05) is 0 Å². The summed E-state index contributed by atoms with van der Waals surface area (Å²) in [5, 5.41) is 18.8. The van der Waals surface area contributed by atoms with Crippen molar-refractivity contribution in [3.05, 3.63) is 69.7 Å². The highest BCUT2D eigenvalue weighted by molar-refractivity contribution is 7.10. The molecule has 23 heavy (non-hydrogen) atoms. The van der Waals surface area contributed by atoms with E-state index >= 15 is 0 Å². The number of thiophene rings is 1. The third-order valence-electron chi connectivity index (χ3n) is 3.83. The fourth-order valence-corrected chi connectivity index (χ4v) is 3.65. The maximum atomic E-state index is 9.56. The Balaban J connectivity index is 1.96. The Hall–Kier alpha value is -3.04. The summed E-state index contributed by atoms with van der Waals surface area (Å²) in [5.41, 5.74) is 9.04. The smallest absolute Gasteiger partial charge is 0.244 e. The van der Waals surface area contributed by atoms with Gasteiger partial charge in [0.25, 0.3) is 0 Å². The predicted octanol–water partition coefficient (Wildman–Crippen LogP) is 3.36. The average molecular weight is 320 g/mol. The highest BCUT2D eigenvalue weighted by Crippen LogP contribution is 2.46. The molecule has 0 aliphatic carbocycles. The van der Waals surface area contributed by atoms with Crippen molar-refractivity contribution in [2.24, 2.45) is 5.73 Å². The summed E-state index contributed by atoms with van der Waals surface area (Å²) in [6.07, 6.45) is 0. The van der Waals surface area contributed by atoms with E-state index in [9.17, 15) is 5.26 Å².